The SMILES string of the molecule is CN(CC(=O)NCCc1ccccc1F)Cc1ccc(F)cc1. The summed E-state index contributed by atoms with van der Waals surface area (Å²) in [6, 6.07) is 12.7. The minimum atomic E-state index is -0.276. The zero-order chi connectivity index (χ0) is 16.7. The van der Waals surface area contributed by atoms with E-state index in [4.69, 9.17) is 0 Å². The first-order valence-electron chi connectivity index (χ1n) is 7.47. The van der Waals surface area contributed by atoms with Gasteiger partial charge < -0.3 is 5.32 Å². The Morgan fingerprint density at radius 1 is 1.09 bits per heavy atom. The number of nitrogens with zero attached hydrogens (tertiary/aromatic N) is 1. The molecule has 0 aliphatic carbocycles. The highest BCUT2D eigenvalue weighted by Gasteiger charge is 2.07. The van der Waals surface area contributed by atoms with Gasteiger partial charge in [0.2, 0.25) is 5.91 Å². The van der Waals surface area contributed by atoms with Crippen molar-refractivity contribution in [2.24, 2.45) is 0 Å². The summed E-state index contributed by atoms with van der Waals surface area (Å²) in [4.78, 5) is 13.7. The van der Waals surface area contributed by atoms with Gasteiger partial charge >= 0.3 is 0 Å². The molecule has 0 unspecified atom stereocenters. The fourth-order valence-corrected chi connectivity index (χ4v) is 2.30. The first-order valence-corrected chi connectivity index (χ1v) is 7.47. The summed E-state index contributed by atoms with van der Waals surface area (Å²) in [5.41, 5.74) is 1.53. The lowest BCUT2D eigenvalue weighted by molar-refractivity contribution is -0.122. The van der Waals surface area contributed by atoms with E-state index in [1.165, 1.54) is 18.2 Å². The van der Waals surface area contributed by atoms with Gasteiger partial charge in [-0.25, -0.2) is 8.78 Å². The molecule has 0 bridgehead atoms. The predicted molar refractivity (Wildman–Crippen MR) is 85.8 cm³/mol. The topological polar surface area (TPSA) is 32.3 Å². The van der Waals surface area contributed by atoms with E-state index in [2.05, 4.69) is 5.32 Å². The second-order valence-corrected chi connectivity index (χ2v) is 5.49. The molecule has 2 rings (SSSR count). The van der Waals surface area contributed by atoms with Crippen molar-refractivity contribution in [1.82, 2.24) is 10.2 Å². The maximum Gasteiger partial charge on any atom is 0.234 e. The Hall–Kier alpha value is -2.27. The van der Waals surface area contributed by atoms with E-state index in [1.807, 2.05) is 11.9 Å². The molecule has 0 radical (unpaired) electrons. The van der Waals surface area contributed by atoms with Crippen molar-refractivity contribution in [1.29, 1.82) is 0 Å². The summed E-state index contributed by atoms with van der Waals surface area (Å²) in [6.07, 6.45) is 0.458. The molecule has 3 nitrogen and oxygen atoms in total. The standard InChI is InChI=1S/C18H20F2N2O/c1-22(12-14-6-8-16(19)9-7-14)13-18(23)21-11-10-15-4-2-3-5-17(15)20/h2-9H,10-13H2,1H3,(H,21,23). The summed E-state index contributed by atoms with van der Waals surface area (Å²) in [5, 5.41) is 2.78. The van der Waals surface area contributed by atoms with Crippen LogP contribution < -0.4 is 5.32 Å². The van der Waals surface area contributed by atoms with Crippen molar-refractivity contribution >= 4 is 5.91 Å². The number of carbonyl (C=O) groups excluding carboxylic acids is 1. The van der Waals surface area contributed by atoms with E-state index in [0.29, 0.717) is 25.1 Å². The zero-order valence-electron chi connectivity index (χ0n) is 13.1. The summed E-state index contributed by atoms with van der Waals surface area (Å²) in [7, 11) is 1.82. The van der Waals surface area contributed by atoms with Gasteiger partial charge in [0, 0.05) is 13.1 Å². The lowest BCUT2D eigenvalue weighted by Crippen LogP contribution is -2.35. The number of rotatable bonds is 7. The normalized spacial score (nSPS) is 10.8. The molecule has 2 aromatic rings. The third-order valence-electron chi connectivity index (χ3n) is 3.45. The smallest absolute Gasteiger partial charge is 0.234 e. The minimum Gasteiger partial charge on any atom is -0.355 e. The predicted octanol–water partition coefficient (Wildman–Crippen LogP) is 2.76. The van der Waals surface area contributed by atoms with Crippen LogP contribution in [-0.2, 0) is 17.8 Å². The van der Waals surface area contributed by atoms with E-state index in [-0.39, 0.29) is 24.1 Å². The van der Waals surface area contributed by atoms with Crippen molar-refractivity contribution in [2.75, 3.05) is 20.1 Å². The van der Waals surface area contributed by atoms with Crippen LogP contribution in [0, 0.1) is 11.6 Å². The number of hydrogen-bond acceptors (Lipinski definition) is 2. The Labute approximate surface area is 134 Å². The number of amides is 1. The van der Waals surface area contributed by atoms with Crippen LogP contribution in [0.25, 0.3) is 0 Å². The number of likely N-dealkylation sites (N-methyl/N-ethyl adjacent to an activating group) is 1. The maximum atomic E-state index is 13.4. The Bertz CT molecular complexity index is 644. The average Bonchev–Trinajstić information content (AvgIpc) is 2.51. The van der Waals surface area contributed by atoms with Crippen molar-refractivity contribution in [3.8, 4) is 0 Å². The van der Waals surface area contributed by atoms with E-state index in [9.17, 15) is 13.6 Å². The third-order valence-corrected chi connectivity index (χ3v) is 3.45. The van der Waals surface area contributed by atoms with Crippen molar-refractivity contribution in [3.63, 3.8) is 0 Å². The fraction of sp³-hybridized carbons (Fsp3) is 0.278. The third kappa shape index (κ3) is 5.79. The van der Waals surface area contributed by atoms with Crippen LogP contribution in [0.15, 0.2) is 48.5 Å². The largest absolute Gasteiger partial charge is 0.355 e. The van der Waals surface area contributed by atoms with Crippen LogP contribution in [0.1, 0.15) is 11.1 Å². The number of hydrogen-bond donors (Lipinski definition) is 1. The Kier molecular flexibility index (Phi) is 6.23. The second kappa shape index (κ2) is 8.39. The van der Waals surface area contributed by atoms with Gasteiger partial charge in [0.05, 0.1) is 6.54 Å². The lowest BCUT2D eigenvalue weighted by Gasteiger charge is -2.16. The molecule has 0 aliphatic heterocycles. The number of carbonyl (C=O) groups is 1. The summed E-state index contributed by atoms with van der Waals surface area (Å²) in [6.45, 7) is 1.18. The van der Waals surface area contributed by atoms with E-state index in [0.717, 1.165) is 5.56 Å². The van der Waals surface area contributed by atoms with Crippen molar-refractivity contribution < 1.29 is 13.6 Å². The molecule has 0 fully saturated rings. The Morgan fingerprint density at radius 2 is 1.78 bits per heavy atom. The monoisotopic (exact) mass is 318 g/mol. The molecule has 0 atom stereocenters. The highest BCUT2D eigenvalue weighted by molar-refractivity contribution is 5.77. The van der Waals surface area contributed by atoms with Gasteiger partial charge in [0.15, 0.2) is 0 Å². The zero-order valence-corrected chi connectivity index (χ0v) is 13.1. The van der Waals surface area contributed by atoms with E-state index >= 15 is 0 Å². The van der Waals surface area contributed by atoms with Crippen molar-refractivity contribution in [3.05, 3.63) is 71.3 Å². The summed E-state index contributed by atoms with van der Waals surface area (Å²) < 4.78 is 26.3. The van der Waals surface area contributed by atoms with Gasteiger partial charge in [0.25, 0.3) is 0 Å². The van der Waals surface area contributed by atoms with Crippen LogP contribution in [0.2, 0.25) is 0 Å². The van der Waals surface area contributed by atoms with Crippen molar-refractivity contribution in [2.45, 2.75) is 13.0 Å². The number of nitrogens with one attached hydrogen (secondary N) is 1. The van der Waals surface area contributed by atoms with Crippen LogP contribution in [0.5, 0.6) is 0 Å². The summed E-state index contributed by atoms with van der Waals surface area (Å²) >= 11 is 0. The van der Waals surface area contributed by atoms with Gasteiger partial charge in [-0.15, -0.1) is 0 Å². The van der Waals surface area contributed by atoms with Gasteiger partial charge in [-0.2, -0.15) is 0 Å². The van der Waals surface area contributed by atoms with Gasteiger partial charge in [-0.1, -0.05) is 30.3 Å². The molecule has 122 valence electrons. The van der Waals surface area contributed by atoms with Crippen LogP contribution in [-0.4, -0.2) is 30.9 Å². The highest BCUT2D eigenvalue weighted by atomic mass is 19.1. The quantitative estimate of drug-likeness (QED) is 0.851. The molecular weight excluding hydrogens is 298 g/mol. The van der Waals surface area contributed by atoms with E-state index < -0.39 is 0 Å². The Balaban J connectivity index is 1.71. The molecule has 0 aliphatic rings. The van der Waals surface area contributed by atoms with Crippen LogP contribution >= 0.6 is 0 Å². The molecule has 0 heterocycles. The van der Waals surface area contributed by atoms with Crippen LogP contribution in [0.4, 0.5) is 8.78 Å². The number of halogens is 2. The molecule has 0 spiro atoms. The molecule has 2 aromatic carbocycles. The molecule has 1 N–H and O–H groups in total. The minimum absolute atomic E-state index is 0.119. The highest BCUT2D eigenvalue weighted by Crippen LogP contribution is 2.07. The molecular formula is C18H20F2N2O. The lowest BCUT2D eigenvalue weighted by atomic mass is 10.1. The molecule has 0 saturated heterocycles. The maximum absolute atomic E-state index is 13.4. The summed E-state index contributed by atoms with van der Waals surface area (Å²) in [5.74, 6) is -0.650. The molecule has 1 amide bonds. The fourth-order valence-electron chi connectivity index (χ4n) is 2.30. The van der Waals surface area contributed by atoms with Crippen LogP contribution in [0.3, 0.4) is 0 Å². The molecule has 0 saturated carbocycles. The molecule has 0 aromatic heterocycles. The molecule has 23 heavy (non-hydrogen) atoms. The first-order chi connectivity index (χ1) is 11.0. The van der Waals surface area contributed by atoms with Gasteiger partial charge in [0.1, 0.15) is 11.6 Å². The van der Waals surface area contributed by atoms with Gasteiger partial charge in [-0.05, 0) is 42.8 Å². The first kappa shape index (κ1) is 17.1. The Morgan fingerprint density at radius 3 is 2.48 bits per heavy atom. The number of benzene rings is 2. The average molecular weight is 318 g/mol. The van der Waals surface area contributed by atoms with Gasteiger partial charge in [-0.3, -0.25) is 9.69 Å². The molecule has 5 heteroatoms. The second-order valence-electron chi connectivity index (χ2n) is 5.49. The van der Waals surface area contributed by atoms with E-state index in [1.54, 1.807) is 30.3 Å².